The van der Waals surface area contributed by atoms with Crippen molar-refractivity contribution in [2.45, 2.75) is 37.0 Å². The van der Waals surface area contributed by atoms with E-state index in [0.717, 1.165) is 19.3 Å². The first-order chi connectivity index (χ1) is 18.3. The largest absolute Gasteiger partial charge is 0.497 e. The zero-order chi connectivity index (χ0) is 27.1. The molecule has 0 spiro atoms. The van der Waals surface area contributed by atoms with Crippen molar-refractivity contribution in [2.75, 3.05) is 32.6 Å². The van der Waals surface area contributed by atoms with Crippen LogP contribution >= 0.6 is 11.6 Å². The Kier molecular flexibility index (Phi) is 9.14. The third-order valence-electron chi connectivity index (χ3n) is 6.31. The first kappa shape index (κ1) is 27.8. The van der Waals surface area contributed by atoms with Gasteiger partial charge in [-0.05, 0) is 73.4 Å². The maximum atomic E-state index is 13.1. The molecule has 8 nitrogen and oxygen atoms in total. The number of nitrogens with one attached hydrogen (secondary N) is 1. The summed E-state index contributed by atoms with van der Waals surface area (Å²) in [7, 11) is -0.515. The number of aryl methyl sites for hydroxylation is 1. The van der Waals surface area contributed by atoms with E-state index in [4.69, 9.17) is 25.8 Å². The van der Waals surface area contributed by atoms with Crippen molar-refractivity contribution in [3.05, 3.63) is 71.2 Å². The van der Waals surface area contributed by atoms with Crippen molar-refractivity contribution in [3.8, 4) is 23.0 Å². The maximum Gasteiger partial charge on any atom is 0.243 e. The summed E-state index contributed by atoms with van der Waals surface area (Å²) in [5, 5.41) is 3.30. The minimum atomic E-state index is -3.60. The van der Waals surface area contributed by atoms with Crippen molar-refractivity contribution in [3.63, 3.8) is 0 Å². The number of methoxy groups -OCH3 is 2. The fourth-order valence-corrected chi connectivity index (χ4v) is 6.05. The highest BCUT2D eigenvalue weighted by Gasteiger charge is 2.26. The number of hydrogen-bond acceptors (Lipinski definition) is 6. The number of halogens is 1. The monoisotopic (exact) mass is 558 g/mol. The summed E-state index contributed by atoms with van der Waals surface area (Å²) in [6.45, 7) is 1.04. The molecule has 1 heterocycles. The number of nitrogens with zero attached hydrogens (tertiary/aromatic N) is 1. The Morgan fingerprint density at radius 1 is 0.921 bits per heavy atom. The highest BCUT2D eigenvalue weighted by atomic mass is 35.5. The van der Waals surface area contributed by atoms with Crippen LogP contribution in [0.3, 0.4) is 0 Å². The molecule has 1 N–H and O–H groups in total. The molecule has 3 aromatic carbocycles. The number of hydrogen-bond donors (Lipinski definition) is 1. The molecule has 4 rings (SSSR count). The minimum Gasteiger partial charge on any atom is -0.497 e. The third-order valence-corrected chi connectivity index (χ3v) is 8.44. The lowest BCUT2D eigenvalue weighted by Gasteiger charge is -2.26. The van der Waals surface area contributed by atoms with Gasteiger partial charge in [-0.15, -0.1) is 0 Å². The third kappa shape index (κ3) is 6.78. The van der Waals surface area contributed by atoms with E-state index in [0.29, 0.717) is 52.4 Å². The molecule has 1 amide bonds. The lowest BCUT2D eigenvalue weighted by Crippen LogP contribution is -2.35. The van der Waals surface area contributed by atoms with Gasteiger partial charge in [0.1, 0.15) is 17.2 Å². The molecule has 3 aromatic rings. The quantitative estimate of drug-likeness (QED) is 0.333. The van der Waals surface area contributed by atoms with Crippen LogP contribution in [0.4, 0.5) is 5.69 Å². The van der Waals surface area contributed by atoms with Gasteiger partial charge in [-0.2, -0.15) is 4.31 Å². The number of rotatable bonds is 10. The number of anilines is 1. The second-order valence-electron chi connectivity index (χ2n) is 8.91. The van der Waals surface area contributed by atoms with Crippen LogP contribution in [0.15, 0.2) is 65.6 Å². The van der Waals surface area contributed by atoms with Crippen molar-refractivity contribution >= 4 is 33.2 Å². The minimum absolute atomic E-state index is 0.0920. The average molecular weight is 559 g/mol. The Balaban J connectivity index is 1.48. The molecule has 0 aromatic heterocycles. The lowest BCUT2D eigenvalue weighted by molar-refractivity contribution is -0.116. The lowest BCUT2D eigenvalue weighted by atomic mass is 10.1. The van der Waals surface area contributed by atoms with Gasteiger partial charge in [0.2, 0.25) is 15.9 Å². The molecule has 0 saturated carbocycles. The standard InChI is InChI=1S/C28H31ClN2O6S/c1-35-22-7-6-8-23(19-22)37-27-12-10-21(29)18-25(27)30-28(32)14-9-20-17-24(11-13-26(20)36-2)38(33,34)31-15-4-3-5-16-31/h6-8,10-13,17-19H,3-5,9,14-16H2,1-2H3,(H,30,32). The molecule has 1 saturated heterocycles. The molecule has 1 aliphatic rings. The van der Waals surface area contributed by atoms with Gasteiger partial charge in [-0.1, -0.05) is 24.1 Å². The summed E-state index contributed by atoms with van der Waals surface area (Å²) in [5.74, 6) is 1.84. The molecule has 0 atom stereocenters. The topological polar surface area (TPSA) is 94.2 Å². The predicted molar refractivity (Wildman–Crippen MR) is 147 cm³/mol. The average Bonchev–Trinajstić information content (AvgIpc) is 2.93. The molecular formula is C28H31ClN2O6S. The number of carbonyl (C=O) groups is 1. The van der Waals surface area contributed by atoms with Gasteiger partial charge in [0.05, 0.1) is 24.8 Å². The van der Waals surface area contributed by atoms with E-state index in [9.17, 15) is 13.2 Å². The summed E-state index contributed by atoms with van der Waals surface area (Å²) < 4.78 is 44.5. The molecule has 0 unspecified atom stereocenters. The second-order valence-corrected chi connectivity index (χ2v) is 11.3. The van der Waals surface area contributed by atoms with E-state index in [1.807, 2.05) is 0 Å². The Bertz CT molecular complexity index is 1390. The normalized spacial score (nSPS) is 14.1. The fraction of sp³-hybridized carbons (Fsp3) is 0.321. The van der Waals surface area contributed by atoms with Gasteiger partial charge in [0.15, 0.2) is 5.75 Å². The molecular weight excluding hydrogens is 528 g/mol. The molecule has 0 aliphatic carbocycles. The Labute approximate surface area is 228 Å². The number of amides is 1. The molecule has 0 bridgehead atoms. The van der Waals surface area contributed by atoms with E-state index >= 15 is 0 Å². The summed E-state index contributed by atoms with van der Waals surface area (Å²) in [4.78, 5) is 13.1. The molecule has 202 valence electrons. The summed E-state index contributed by atoms with van der Waals surface area (Å²) in [6, 6.07) is 16.9. The van der Waals surface area contributed by atoms with E-state index < -0.39 is 10.0 Å². The Morgan fingerprint density at radius 3 is 2.39 bits per heavy atom. The molecule has 1 aliphatic heterocycles. The van der Waals surface area contributed by atoms with Crippen LogP contribution in [-0.4, -0.2) is 45.9 Å². The molecule has 0 radical (unpaired) electrons. The number of carbonyl (C=O) groups excluding carboxylic acids is 1. The number of benzene rings is 3. The number of ether oxygens (including phenoxy) is 3. The maximum absolute atomic E-state index is 13.1. The van der Waals surface area contributed by atoms with Gasteiger partial charge >= 0.3 is 0 Å². The summed E-state index contributed by atoms with van der Waals surface area (Å²) in [5.41, 5.74) is 1.05. The summed E-state index contributed by atoms with van der Waals surface area (Å²) >= 11 is 6.18. The highest BCUT2D eigenvalue weighted by Crippen LogP contribution is 2.34. The Hall–Kier alpha value is -3.27. The van der Waals surface area contributed by atoms with Crippen molar-refractivity contribution < 1.29 is 27.4 Å². The van der Waals surface area contributed by atoms with Gasteiger partial charge in [0, 0.05) is 30.6 Å². The highest BCUT2D eigenvalue weighted by molar-refractivity contribution is 7.89. The van der Waals surface area contributed by atoms with Crippen LogP contribution in [0.1, 0.15) is 31.2 Å². The fourth-order valence-electron chi connectivity index (χ4n) is 4.31. The first-order valence-electron chi connectivity index (χ1n) is 12.4. The van der Waals surface area contributed by atoms with Crippen molar-refractivity contribution in [1.29, 1.82) is 0 Å². The van der Waals surface area contributed by atoms with Gasteiger partial charge in [-0.25, -0.2) is 8.42 Å². The van der Waals surface area contributed by atoms with Crippen molar-refractivity contribution in [2.24, 2.45) is 0 Å². The zero-order valence-corrected chi connectivity index (χ0v) is 23.0. The van der Waals surface area contributed by atoms with Gasteiger partial charge in [-0.3, -0.25) is 4.79 Å². The first-order valence-corrected chi connectivity index (χ1v) is 14.2. The second kappa shape index (κ2) is 12.5. The van der Waals surface area contributed by atoms with Gasteiger partial charge in [0.25, 0.3) is 0 Å². The van der Waals surface area contributed by atoms with Crippen LogP contribution in [-0.2, 0) is 21.2 Å². The molecule has 38 heavy (non-hydrogen) atoms. The zero-order valence-electron chi connectivity index (χ0n) is 21.4. The van der Waals surface area contributed by atoms with E-state index in [1.165, 1.54) is 11.4 Å². The predicted octanol–water partition coefficient (Wildman–Crippen LogP) is 5.90. The van der Waals surface area contributed by atoms with E-state index in [-0.39, 0.29) is 23.6 Å². The van der Waals surface area contributed by atoms with Crippen LogP contribution in [0.5, 0.6) is 23.0 Å². The number of sulfonamides is 1. The van der Waals surface area contributed by atoms with E-state index in [1.54, 1.807) is 67.8 Å². The Morgan fingerprint density at radius 2 is 1.66 bits per heavy atom. The van der Waals surface area contributed by atoms with Crippen LogP contribution < -0.4 is 19.5 Å². The van der Waals surface area contributed by atoms with Crippen LogP contribution in [0, 0.1) is 0 Å². The SMILES string of the molecule is COc1cccc(Oc2ccc(Cl)cc2NC(=O)CCc2cc(S(=O)(=O)N3CCCCC3)ccc2OC)c1. The van der Waals surface area contributed by atoms with E-state index in [2.05, 4.69) is 5.32 Å². The van der Waals surface area contributed by atoms with Crippen LogP contribution in [0.25, 0.3) is 0 Å². The van der Waals surface area contributed by atoms with Crippen LogP contribution in [0.2, 0.25) is 5.02 Å². The molecule has 1 fully saturated rings. The summed E-state index contributed by atoms with van der Waals surface area (Å²) in [6.07, 6.45) is 3.12. The number of piperidine rings is 1. The molecule has 10 heteroatoms. The van der Waals surface area contributed by atoms with Crippen molar-refractivity contribution in [1.82, 2.24) is 4.31 Å². The smallest absolute Gasteiger partial charge is 0.243 e. The van der Waals surface area contributed by atoms with Gasteiger partial charge < -0.3 is 19.5 Å².